The summed E-state index contributed by atoms with van der Waals surface area (Å²) in [5, 5.41) is 23.0. The standard InChI is InChI=1S/C16H25NO4.ClH/c1-20-11-16(7-14(18)15(19)8-16)10-17-9-12-3-5-13(21-2)6-4-12;/h3-6,14-15,17-19H,7-11H2,1-2H3;1H/t14-,15+,16?;. The predicted octanol–water partition coefficient (Wildman–Crippen LogP) is 1.35. The van der Waals surface area contributed by atoms with Crippen LogP contribution in [-0.2, 0) is 11.3 Å². The summed E-state index contributed by atoms with van der Waals surface area (Å²) in [4.78, 5) is 0. The number of aliphatic hydroxyl groups is 2. The Hall–Kier alpha value is -0.850. The molecule has 1 aliphatic rings. The highest BCUT2D eigenvalue weighted by Gasteiger charge is 2.43. The third-order valence-corrected chi connectivity index (χ3v) is 4.17. The van der Waals surface area contributed by atoms with Crippen LogP contribution in [0.25, 0.3) is 0 Å². The van der Waals surface area contributed by atoms with Crippen LogP contribution in [0.15, 0.2) is 24.3 Å². The Balaban J connectivity index is 0.00000242. The van der Waals surface area contributed by atoms with Crippen LogP contribution in [0.3, 0.4) is 0 Å². The van der Waals surface area contributed by atoms with Gasteiger partial charge < -0.3 is 25.0 Å². The van der Waals surface area contributed by atoms with E-state index >= 15 is 0 Å². The van der Waals surface area contributed by atoms with Crippen molar-refractivity contribution in [3.05, 3.63) is 29.8 Å². The van der Waals surface area contributed by atoms with Crippen molar-refractivity contribution in [2.24, 2.45) is 5.41 Å². The Labute approximate surface area is 138 Å². The fraction of sp³-hybridized carbons (Fsp3) is 0.625. The quantitative estimate of drug-likeness (QED) is 0.703. The van der Waals surface area contributed by atoms with Gasteiger partial charge in [-0.3, -0.25) is 0 Å². The average Bonchev–Trinajstić information content (AvgIpc) is 2.75. The van der Waals surface area contributed by atoms with E-state index in [0.29, 0.717) is 26.0 Å². The Bertz CT molecular complexity index is 430. The topological polar surface area (TPSA) is 71.0 Å². The van der Waals surface area contributed by atoms with Gasteiger partial charge in [-0.05, 0) is 30.5 Å². The lowest BCUT2D eigenvalue weighted by atomic mass is 9.86. The third-order valence-electron chi connectivity index (χ3n) is 4.17. The summed E-state index contributed by atoms with van der Waals surface area (Å²) in [7, 11) is 3.31. The molecule has 0 saturated heterocycles. The van der Waals surface area contributed by atoms with Crippen LogP contribution in [0, 0.1) is 5.41 Å². The molecule has 0 aliphatic heterocycles. The second kappa shape index (κ2) is 8.70. The summed E-state index contributed by atoms with van der Waals surface area (Å²) in [6.45, 7) is 1.99. The molecule has 6 heteroatoms. The van der Waals surface area contributed by atoms with Crippen molar-refractivity contribution in [2.45, 2.75) is 31.6 Å². The zero-order valence-electron chi connectivity index (χ0n) is 13.1. The highest BCUT2D eigenvalue weighted by molar-refractivity contribution is 5.85. The highest BCUT2D eigenvalue weighted by Crippen LogP contribution is 2.38. The summed E-state index contributed by atoms with van der Waals surface area (Å²) in [6, 6.07) is 7.91. The Morgan fingerprint density at radius 1 is 1.14 bits per heavy atom. The van der Waals surface area contributed by atoms with Crippen LogP contribution in [0.4, 0.5) is 0 Å². The molecule has 0 amide bonds. The molecule has 126 valence electrons. The van der Waals surface area contributed by atoms with Gasteiger partial charge in [0.1, 0.15) is 5.75 Å². The first-order valence-corrected chi connectivity index (χ1v) is 7.27. The number of hydrogen-bond donors (Lipinski definition) is 3. The van der Waals surface area contributed by atoms with Gasteiger partial charge in [0.05, 0.1) is 25.9 Å². The molecule has 2 rings (SSSR count). The fourth-order valence-corrected chi connectivity index (χ4v) is 3.08. The van der Waals surface area contributed by atoms with E-state index in [1.54, 1.807) is 14.2 Å². The van der Waals surface area contributed by atoms with Crippen LogP contribution in [0.1, 0.15) is 18.4 Å². The second-order valence-corrected chi connectivity index (χ2v) is 5.93. The Morgan fingerprint density at radius 3 is 2.23 bits per heavy atom. The van der Waals surface area contributed by atoms with Gasteiger partial charge in [-0.15, -0.1) is 12.4 Å². The highest BCUT2D eigenvalue weighted by atomic mass is 35.5. The molecule has 0 heterocycles. The van der Waals surface area contributed by atoms with Gasteiger partial charge in [-0.2, -0.15) is 0 Å². The van der Waals surface area contributed by atoms with Crippen molar-refractivity contribution in [2.75, 3.05) is 27.4 Å². The maximum Gasteiger partial charge on any atom is 0.118 e. The normalized spacial score (nSPS) is 27.5. The number of ether oxygens (including phenoxy) is 2. The molecular weight excluding hydrogens is 306 g/mol. The molecule has 1 saturated carbocycles. The molecule has 1 fully saturated rings. The molecule has 22 heavy (non-hydrogen) atoms. The fourth-order valence-electron chi connectivity index (χ4n) is 3.08. The van der Waals surface area contributed by atoms with E-state index in [4.69, 9.17) is 9.47 Å². The third kappa shape index (κ3) is 4.83. The molecule has 1 aliphatic carbocycles. The number of aliphatic hydroxyl groups excluding tert-OH is 2. The number of nitrogens with one attached hydrogen (secondary N) is 1. The van der Waals surface area contributed by atoms with E-state index in [9.17, 15) is 10.2 Å². The Morgan fingerprint density at radius 2 is 1.73 bits per heavy atom. The molecule has 3 N–H and O–H groups in total. The van der Waals surface area contributed by atoms with E-state index in [2.05, 4.69) is 5.32 Å². The lowest BCUT2D eigenvalue weighted by molar-refractivity contribution is 0.0438. The molecule has 0 aromatic heterocycles. The summed E-state index contributed by atoms with van der Waals surface area (Å²) >= 11 is 0. The lowest BCUT2D eigenvalue weighted by Crippen LogP contribution is -2.36. The molecule has 3 atom stereocenters. The molecule has 5 nitrogen and oxygen atoms in total. The van der Waals surface area contributed by atoms with Crippen LogP contribution < -0.4 is 10.1 Å². The number of halogens is 1. The van der Waals surface area contributed by atoms with Crippen molar-refractivity contribution in [1.29, 1.82) is 0 Å². The van der Waals surface area contributed by atoms with Gasteiger partial charge in [0.2, 0.25) is 0 Å². The SMILES string of the molecule is COCC1(CNCc2ccc(OC)cc2)C[C@@H](O)[C@@H](O)C1.Cl. The summed E-state index contributed by atoms with van der Waals surface area (Å²) < 4.78 is 10.4. The van der Waals surface area contributed by atoms with Crippen LogP contribution in [-0.4, -0.2) is 49.8 Å². The second-order valence-electron chi connectivity index (χ2n) is 5.93. The maximum absolute atomic E-state index is 9.79. The first kappa shape index (κ1) is 19.2. The van der Waals surface area contributed by atoms with Crippen LogP contribution in [0.5, 0.6) is 5.75 Å². The van der Waals surface area contributed by atoms with Gasteiger partial charge >= 0.3 is 0 Å². The lowest BCUT2D eigenvalue weighted by Gasteiger charge is -2.28. The van der Waals surface area contributed by atoms with Crippen LogP contribution in [0.2, 0.25) is 0 Å². The summed E-state index contributed by atoms with van der Waals surface area (Å²) in [5.74, 6) is 0.844. The van der Waals surface area contributed by atoms with E-state index in [-0.39, 0.29) is 17.8 Å². The number of hydrogen-bond acceptors (Lipinski definition) is 5. The van der Waals surface area contributed by atoms with Crippen molar-refractivity contribution in [3.63, 3.8) is 0 Å². The van der Waals surface area contributed by atoms with Crippen molar-refractivity contribution in [1.82, 2.24) is 5.32 Å². The summed E-state index contributed by atoms with van der Waals surface area (Å²) in [6.07, 6.45) is -0.166. The Kier molecular flexibility index (Phi) is 7.59. The van der Waals surface area contributed by atoms with Gasteiger partial charge in [0, 0.05) is 25.6 Å². The minimum Gasteiger partial charge on any atom is -0.497 e. The molecule has 1 unspecified atom stereocenters. The zero-order valence-corrected chi connectivity index (χ0v) is 13.9. The molecule has 1 aromatic carbocycles. The molecule has 1 aromatic rings. The number of benzene rings is 1. The van der Waals surface area contributed by atoms with E-state index < -0.39 is 12.2 Å². The van der Waals surface area contributed by atoms with Crippen LogP contribution >= 0.6 is 12.4 Å². The first-order valence-electron chi connectivity index (χ1n) is 7.27. The maximum atomic E-state index is 9.79. The average molecular weight is 332 g/mol. The van der Waals surface area contributed by atoms with E-state index in [1.165, 1.54) is 5.56 Å². The van der Waals surface area contributed by atoms with E-state index in [1.807, 2.05) is 24.3 Å². The number of methoxy groups -OCH3 is 2. The van der Waals surface area contributed by atoms with Gasteiger partial charge in [-0.25, -0.2) is 0 Å². The molecule has 0 bridgehead atoms. The zero-order chi connectivity index (χ0) is 15.3. The van der Waals surface area contributed by atoms with Gasteiger partial charge in [-0.1, -0.05) is 12.1 Å². The monoisotopic (exact) mass is 331 g/mol. The largest absolute Gasteiger partial charge is 0.497 e. The minimum atomic E-state index is -0.650. The molecular formula is C16H26ClNO4. The van der Waals surface area contributed by atoms with Crippen molar-refractivity contribution >= 4 is 12.4 Å². The molecule has 0 spiro atoms. The van der Waals surface area contributed by atoms with Gasteiger partial charge in [0.25, 0.3) is 0 Å². The number of rotatable bonds is 7. The van der Waals surface area contributed by atoms with Crippen molar-refractivity contribution < 1.29 is 19.7 Å². The summed E-state index contributed by atoms with van der Waals surface area (Å²) in [5.41, 5.74) is 0.975. The molecule has 0 radical (unpaired) electrons. The minimum absolute atomic E-state index is 0. The van der Waals surface area contributed by atoms with Crippen molar-refractivity contribution in [3.8, 4) is 5.75 Å². The predicted molar refractivity (Wildman–Crippen MR) is 87.5 cm³/mol. The smallest absolute Gasteiger partial charge is 0.118 e. The first-order chi connectivity index (χ1) is 10.1. The van der Waals surface area contributed by atoms with Gasteiger partial charge in [0.15, 0.2) is 0 Å². The van der Waals surface area contributed by atoms with E-state index in [0.717, 1.165) is 12.3 Å².